The van der Waals surface area contributed by atoms with Gasteiger partial charge in [-0.05, 0) is 30.3 Å². The highest BCUT2D eigenvalue weighted by Gasteiger charge is 2.18. The fourth-order valence-corrected chi connectivity index (χ4v) is 2.37. The summed E-state index contributed by atoms with van der Waals surface area (Å²) in [5.74, 6) is -0.506. The summed E-state index contributed by atoms with van der Waals surface area (Å²) in [6.07, 6.45) is 0. The highest BCUT2D eigenvalue weighted by atomic mass is 35.5. The van der Waals surface area contributed by atoms with Crippen LogP contribution in [0.2, 0.25) is 5.02 Å². The number of halogens is 1. The van der Waals surface area contributed by atoms with Crippen LogP contribution in [0.4, 0.5) is 11.4 Å². The Morgan fingerprint density at radius 3 is 2.45 bits per heavy atom. The largest absolute Gasteiger partial charge is 0.493 e. The highest BCUT2D eigenvalue weighted by Crippen LogP contribution is 2.39. The summed E-state index contributed by atoms with van der Waals surface area (Å²) >= 11 is 5.82. The van der Waals surface area contributed by atoms with Crippen LogP contribution in [0.25, 0.3) is 10.9 Å². The van der Waals surface area contributed by atoms with Crippen molar-refractivity contribution in [2.45, 2.75) is 6.92 Å². The topological polar surface area (TPSA) is 67.0 Å². The molecule has 0 spiro atoms. The van der Waals surface area contributed by atoms with E-state index in [1.165, 1.54) is 11.5 Å². The van der Waals surface area contributed by atoms with Crippen molar-refractivity contribution in [1.29, 1.82) is 0 Å². The summed E-state index contributed by atoms with van der Waals surface area (Å²) < 4.78 is 1.21. The SMILES string of the molecule is CC(=O)n1c(O)c(N=Nc2ccc(Cl)cc2)c2ccccc21. The monoisotopic (exact) mass is 313 g/mol. The molecule has 0 saturated heterocycles. The van der Waals surface area contributed by atoms with Crippen molar-refractivity contribution in [3.63, 3.8) is 0 Å². The minimum Gasteiger partial charge on any atom is -0.493 e. The van der Waals surface area contributed by atoms with Gasteiger partial charge in [0.15, 0.2) is 5.69 Å². The van der Waals surface area contributed by atoms with E-state index < -0.39 is 0 Å². The Kier molecular flexibility index (Phi) is 3.65. The molecule has 0 aliphatic heterocycles. The van der Waals surface area contributed by atoms with E-state index >= 15 is 0 Å². The molecule has 0 unspecified atom stereocenters. The summed E-state index contributed by atoms with van der Waals surface area (Å²) in [7, 11) is 0. The summed E-state index contributed by atoms with van der Waals surface area (Å²) in [5.41, 5.74) is 1.46. The van der Waals surface area contributed by atoms with Crippen LogP contribution < -0.4 is 0 Å². The first-order valence-electron chi connectivity index (χ1n) is 6.58. The van der Waals surface area contributed by atoms with Gasteiger partial charge in [0.1, 0.15) is 0 Å². The summed E-state index contributed by atoms with van der Waals surface area (Å²) in [4.78, 5) is 11.7. The molecule has 0 aliphatic carbocycles. The van der Waals surface area contributed by atoms with Crippen LogP contribution in [-0.2, 0) is 0 Å². The third kappa shape index (κ3) is 2.46. The van der Waals surface area contributed by atoms with Gasteiger partial charge < -0.3 is 5.11 Å². The van der Waals surface area contributed by atoms with Crippen molar-refractivity contribution in [1.82, 2.24) is 4.57 Å². The van der Waals surface area contributed by atoms with E-state index in [2.05, 4.69) is 10.2 Å². The number of azo groups is 1. The number of hydrogen-bond acceptors (Lipinski definition) is 4. The second-order valence-electron chi connectivity index (χ2n) is 4.72. The number of nitrogens with zero attached hydrogens (tertiary/aromatic N) is 3. The lowest BCUT2D eigenvalue weighted by Gasteiger charge is -1.99. The van der Waals surface area contributed by atoms with Gasteiger partial charge in [0.2, 0.25) is 11.8 Å². The number of para-hydroxylation sites is 1. The molecule has 0 aliphatic rings. The average molecular weight is 314 g/mol. The number of rotatable bonds is 2. The van der Waals surface area contributed by atoms with Gasteiger partial charge in [0.25, 0.3) is 0 Å². The zero-order valence-corrected chi connectivity index (χ0v) is 12.4. The first-order chi connectivity index (χ1) is 10.6. The predicted octanol–water partition coefficient (Wildman–Crippen LogP) is 5.08. The molecule has 0 saturated carbocycles. The van der Waals surface area contributed by atoms with E-state index in [-0.39, 0.29) is 17.5 Å². The number of fused-ring (bicyclic) bond motifs is 1. The smallest absolute Gasteiger partial charge is 0.230 e. The molecule has 0 fully saturated rings. The molecule has 5 nitrogen and oxygen atoms in total. The Morgan fingerprint density at radius 2 is 1.77 bits per heavy atom. The predicted molar refractivity (Wildman–Crippen MR) is 85.5 cm³/mol. The van der Waals surface area contributed by atoms with Gasteiger partial charge >= 0.3 is 0 Å². The average Bonchev–Trinajstić information content (AvgIpc) is 2.78. The van der Waals surface area contributed by atoms with E-state index in [0.29, 0.717) is 21.6 Å². The fourth-order valence-electron chi connectivity index (χ4n) is 2.24. The lowest BCUT2D eigenvalue weighted by molar-refractivity contribution is 0.0933. The molecule has 0 radical (unpaired) electrons. The second-order valence-corrected chi connectivity index (χ2v) is 5.16. The lowest BCUT2D eigenvalue weighted by atomic mass is 10.2. The maximum Gasteiger partial charge on any atom is 0.230 e. The molecule has 0 amide bonds. The Hall–Kier alpha value is -2.66. The number of benzene rings is 2. The van der Waals surface area contributed by atoms with Crippen molar-refractivity contribution in [2.75, 3.05) is 0 Å². The molecule has 2 aromatic carbocycles. The van der Waals surface area contributed by atoms with Gasteiger partial charge in [-0.25, -0.2) is 4.57 Å². The standard InChI is InChI=1S/C16H12ClN3O2/c1-10(21)20-14-5-3-2-4-13(14)15(16(20)22)19-18-12-8-6-11(17)7-9-12/h2-9,22H,1H3. The Balaban J connectivity index is 2.13. The fraction of sp³-hybridized carbons (Fsp3) is 0.0625. The summed E-state index contributed by atoms with van der Waals surface area (Å²) in [6.45, 7) is 1.38. The molecule has 110 valence electrons. The van der Waals surface area contributed by atoms with Crippen molar-refractivity contribution in [3.8, 4) is 5.88 Å². The molecular weight excluding hydrogens is 302 g/mol. The van der Waals surface area contributed by atoms with Crippen LogP contribution in [-0.4, -0.2) is 15.6 Å². The van der Waals surface area contributed by atoms with Crippen LogP contribution >= 0.6 is 11.6 Å². The molecule has 0 bridgehead atoms. The number of hydrogen-bond donors (Lipinski definition) is 1. The summed E-state index contributed by atoms with van der Waals surface area (Å²) in [5, 5.41) is 19.7. The van der Waals surface area contributed by atoms with Gasteiger partial charge in [-0.3, -0.25) is 4.79 Å². The molecule has 3 aromatic rings. The van der Waals surface area contributed by atoms with E-state index in [1.807, 2.05) is 6.07 Å². The third-order valence-electron chi connectivity index (χ3n) is 3.23. The maximum absolute atomic E-state index is 11.7. The van der Waals surface area contributed by atoms with Crippen LogP contribution in [0.1, 0.15) is 11.7 Å². The van der Waals surface area contributed by atoms with E-state index in [0.717, 1.165) is 0 Å². The second kappa shape index (κ2) is 5.61. The lowest BCUT2D eigenvalue weighted by Crippen LogP contribution is -2.03. The molecule has 22 heavy (non-hydrogen) atoms. The van der Waals surface area contributed by atoms with Crippen molar-refractivity contribution < 1.29 is 9.90 Å². The van der Waals surface area contributed by atoms with Crippen LogP contribution in [0.5, 0.6) is 5.88 Å². The van der Waals surface area contributed by atoms with Gasteiger partial charge in [0.05, 0.1) is 11.2 Å². The molecule has 3 rings (SSSR count). The zero-order chi connectivity index (χ0) is 15.7. The highest BCUT2D eigenvalue weighted by molar-refractivity contribution is 6.30. The minimum absolute atomic E-state index is 0.216. The third-order valence-corrected chi connectivity index (χ3v) is 3.48. The van der Waals surface area contributed by atoms with Crippen molar-refractivity contribution in [3.05, 3.63) is 53.6 Å². The maximum atomic E-state index is 11.7. The van der Waals surface area contributed by atoms with Gasteiger partial charge in [0, 0.05) is 17.3 Å². The molecule has 1 heterocycles. The quantitative estimate of drug-likeness (QED) is 0.671. The van der Waals surface area contributed by atoms with E-state index in [1.54, 1.807) is 42.5 Å². The number of aromatic hydroxyl groups is 1. The Labute approximate surface area is 131 Å². The molecule has 1 N–H and O–H groups in total. The van der Waals surface area contributed by atoms with Crippen LogP contribution in [0, 0.1) is 0 Å². The van der Waals surface area contributed by atoms with Crippen molar-refractivity contribution >= 4 is 39.8 Å². The van der Waals surface area contributed by atoms with E-state index in [4.69, 9.17) is 11.6 Å². The Morgan fingerprint density at radius 1 is 1.09 bits per heavy atom. The first kappa shape index (κ1) is 14.3. The Bertz CT molecular complexity index is 882. The first-order valence-corrected chi connectivity index (χ1v) is 6.96. The number of aromatic nitrogens is 1. The minimum atomic E-state index is -0.290. The van der Waals surface area contributed by atoms with Gasteiger partial charge in [-0.2, -0.15) is 5.11 Å². The van der Waals surface area contributed by atoms with Gasteiger partial charge in [-0.15, -0.1) is 5.11 Å². The molecular formula is C16H12ClN3O2. The molecule has 6 heteroatoms. The van der Waals surface area contributed by atoms with Crippen LogP contribution in [0.3, 0.4) is 0 Å². The van der Waals surface area contributed by atoms with Crippen LogP contribution in [0.15, 0.2) is 58.8 Å². The number of carbonyl (C=O) groups excluding carboxylic acids is 1. The van der Waals surface area contributed by atoms with E-state index in [9.17, 15) is 9.90 Å². The zero-order valence-electron chi connectivity index (χ0n) is 11.7. The molecule has 1 aromatic heterocycles. The normalized spacial score (nSPS) is 11.4. The number of carbonyl (C=O) groups is 1. The van der Waals surface area contributed by atoms with Gasteiger partial charge in [-0.1, -0.05) is 29.8 Å². The van der Waals surface area contributed by atoms with Crippen molar-refractivity contribution in [2.24, 2.45) is 10.2 Å². The molecule has 0 atom stereocenters. The summed E-state index contributed by atoms with van der Waals surface area (Å²) in [6, 6.07) is 14.0.